The average Bonchev–Trinajstić information content (AvgIpc) is 3.01. The second-order valence-electron chi connectivity index (χ2n) is 5.67. The van der Waals surface area contributed by atoms with Crippen LogP contribution in [0.3, 0.4) is 0 Å². The number of ether oxygens (including phenoxy) is 3. The predicted octanol–water partition coefficient (Wildman–Crippen LogP) is 2.82. The zero-order valence-electron chi connectivity index (χ0n) is 14.9. The van der Waals surface area contributed by atoms with E-state index in [4.69, 9.17) is 14.2 Å². The standard InChI is InChI=1S/C20H20N2O4/c1-24-15-7-4-13(5-8-15)10-19-21-17(20(23)22-19)11-14-6-9-16(25-2)12-18(14)26-3/h4-9,11-12H,10H2,1-3H3,(H,21,22,23)/b17-11+. The topological polar surface area (TPSA) is 69.1 Å². The molecule has 1 aliphatic heterocycles. The average molecular weight is 352 g/mol. The number of hydrogen-bond acceptors (Lipinski definition) is 5. The van der Waals surface area contributed by atoms with Crippen LogP contribution in [0.4, 0.5) is 0 Å². The SMILES string of the molecule is COc1ccc(CC2=N/C(=C/c3ccc(OC)cc3OC)C(=O)N2)cc1. The van der Waals surface area contributed by atoms with E-state index in [0.29, 0.717) is 29.5 Å². The molecule has 0 saturated carbocycles. The van der Waals surface area contributed by atoms with Crippen LogP contribution in [-0.4, -0.2) is 33.1 Å². The highest BCUT2D eigenvalue weighted by atomic mass is 16.5. The number of carbonyl (C=O) groups is 1. The van der Waals surface area contributed by atoms with E-state index in [9.17, 15) is 4.79 Å². The summed E-state index contributed by atoms with van der Waals surface area (Å²) in [6.45, 7) is 0. The molecule has 0 saturated heterocycles. The Morgan fingerprint density at radius 2 is 1.65 bits per heavy atom. The van der Waals surface area contributed by atoms with E-state index in [1.54, 1.807) is 33.5 Å². The molecule has 0 spiro atoms. The van der Waals surface area contributed by atoms with Crippen molar-refractivity contribution in [3.63, 3.8) is 0 Å². The number of nitrogens with one attached hydrogen (secondary N) is 1. The molecule has 2 aromatic rings. The van der Waals surface area contributed by atoms with Crippen LogP contribution in [0.5, 0.6) is 17.2 Å². The second kappa shape index (κ2) is 7.74. The van der Waals surface area contributed by atoms with Gasteiger partial charge in [0.15, 0.2) is 0 Å². The monoisotopic (exact) mass is 352 g/mol. The number of hydrogen-bond donors (Lipinski definition) is 1. The Balaban J connectivity index is 1.82. The Hall–Kier alpha value is -3.28. The molecule has 134 valence electrons. The highest BCUT2D eigenvalue weighted by Crippen LogP contribution is 2.27. The maximum absolute atomic E-state index is 12.2. The van der Waals surface area contributed by atoms with Crippen molar-refractivity contribution in [2.24, 2.45) is 4.99 Å². The molecule has 0 aromatic heterocycles. The van der Waals surface area contributed by atoms with Crippen molar-refractivity contribution in [1.82, 2.24) is 5.32 Å². The summed E-state index contributed by atoms with van der Waals surface area (Å²) < 4.78 is 15.7. The Morgan fingerprint density at radius 1 is 0.962 bits per heavy atom. The minimum absolute atomic E-state index is 0.230. The van der Waals surface area contributed by atoms with Crippen LogP contribution in [0.1, 0.15) is 11.1 Å². The summed E-state index contributed by atoms with van der Waals surface area (Å²) in [6, 6.07) is 13.1. The highest BCUT2D eigenvalue weighted by molar-refractivity contribution is 6.14. The molecule has 0 fully saturated rings. The van der Waals surface area contributed by atoms with Crippen LogP contribution >= 0.6 is 0 Å². The quantitative estimate of drug-likeness (QED) is 0.812. The van der Waals surface area contributed by atoms with Crippen LogP contribution in [0.2, 0.25) is 0 Å². The predicted molar refractivity (Wildman–Crippen MR) is 99.8 cm³/mol. The van der Waals surface area contributed by atoms with Gasteiger partial charge < -0.3 is 19.5 Å². The zero-order valence-corrected chi connectivity index (χ0v) is 14.9. The maximum Gasteiger partial charge on any atom is 0.275 e. The molecular weight excluding hydrogens is 332 g/mol. The number of methoxy groups -OCH3 is 3. The lowest BCUT2D eigenvalue weighted by molar-refractivity contribution is -0.115. The van der Waals surface area contributed by atoms with Crippen LogP contribution in [0.15, 0.2) is 53.2 Å². The third kappa shape index (κ3) is 3.85. The first kappa shape index (κ1) is 17.5. The van der Waals surface area contributed by atoms with Gasteiger partial charge in [-0.3, -0.25) is 4.79 Å². The van der Waals surface area contributed by atoms with Gasteiger partial charge in [0.1, 0.15) is 28.8 Å². The molecule has 2 aromatic carbocycles. The third-order valence-electron chi connectivity index (χ3n) is 4.01. The Kier molecular flexibility index (Phi) is 5.22. The smallest absolute Gasteiger partial charge is 0.275 e. The van der Waals surface area contributed by atoms with Crippen molar-refractivity contribution in [2.45, 2.75) is 6.42 Å². The fourth-order valence-electron chi connectivity index (χ4n) is 2.62. The van der Waals surface area contributed by atoms with Gasteiger partial charge in [-0.05, 0) is 35.9 Å². The lowest BCUT2D eigenvalue weighted by Gasteiger charge is -2.07. The summed E-state index contributed by atoms with van der Waals surface area (Å²) >= 11 is 0. The molecular formula is C20H20N2O4. The summed E-state index contributed by atoms with van der Waals surface area (Å²) in [5.41, 5.74) is 2.14. The van der Waals surface area contributed by atoms with Crippen molar-refractivity contribution >= 4 is 17.8 Å². The van der Waals surface area contributed by atoms with Gasteiger partial charge in [0, 0.05) is 18.1 Å². The van der Waals surface area contributed by atoms with E-state index < -0.39 is 0 Å². The molecule has 1 amide bonds. The molecule has 3 rings (SSSR count). The van der Waals surface area contributed by atoms with Crippen molar-refractivity contribution in [2.75, 3.05) is 21.3 Å². The fraction of sp³-hybridized carbons (Fsp3) is 0.200. The highest BCUT2D eigenvalue weighted by Gasteiger charge is 2.20. The third-order valence-corrected chi connectivity index (χ3v) is 4.01. The summed E-state index contributed by atoms with van der Waals surface area (Å²) in [4.78, 5) is 16.6. The van der Waals surface area contributed by atoms with E-state index in [0.717, 1.165) is 16.9 Å². The molecule has 0 unspecified atom stereocenters. The number of aliphatic imine (C=N–C) groups is 1. The number of amidine groups is 1. The summed E-state index contributed by atoms with van der Waals surface area (Å²) in [5, 5.41) is 2.81. The Bertz CT molecular complexity index is 870. The number of rotatable bonds is 6. The molecule has 0 radical (unpaired) electrons. The largest absolute Gasteiger partial charge is 0.497 e. The van der Waals surface area contributed by atoms with Crippen molar-refractivity contribution in [3.05, 3.63) is 59.3 Å². The van der Waals surface area contributed by atoms with Gasteiger partial charge in [-0.1, -0.05) is 12.1 Å². The van der Waals surface area contributed by atoms with Gasteiger partial charge in [-0.15, -0.1) is 0 Å². The van der Waals surface area contributed by atoms with E-state index in [1.807, 2.05) is 36.4 Å². The molecule has 0 bridgehead atoms. The lowest BCUT2D eigenvalue weighted by Crippen LogP contribution is -2.25. The number of amides is 1. The fourth-order valence-corrected chi connectivity index (χ4v) is 2.62. The van der Waals surface area contributed by atoms with Crippen LogP contribution in [0, 0.1) is 0 Å². The van der Waals surface area contributed by atoms with Crippen LogP contribution in [-0.2, 0) is 11.2 Å². The second-order valence-corrected chi connectivity index (χ2v) is 5.67. The summed E-state index contributed by atoms with van der Waals surface area (Å²) in [6.07, 6.45) is 2.24. The number of benzene rings is 2. The minimum atomic E-state index is -0.230. The van der Waals surface area contributed by atoms with Gasteiger partial charge in [0.05, 0.1) is 21.3 Å². The van der Waals surface area contributed by atoms with Gasteiger partial charge in [0.25, 0.3) is 5.91 Å². The summed E-state index contributed by atoms with van der Waals surface area (Å²) in [5.74, 6) is 2.47. The lowest BCUT2D eigenvalue weighted by atomic mass is 10.1. The van der Waals surface area contributed by atoms with E-state index in [1.165, 1.54) is 0 Å². The molecule has 26 heavy (non-hydrogen) atoms. The molecule has 6 nitrogen and oxygen atoms in total. The first-order valence-corrected chi connectivity index (χ1v) is 8.08. The minimum Gasteiger partial charge on any atom is -0.497 e. The van der Waals surface area contributed by atoms with Crippen molar-refractivity contribution < 1.29 is 19.0 Å². The first-order chi connectivity index (χ1) is 12.6. The zero-order chi connectivity index (χ0) is 18.5. The molecule has 0 aliphatic carbocycles. The van der Waals surface area contributed by atoms with E-state index in [-0.39, 0.29) is 5.91 Å². The number of nitrogens with zero attached hydrogens (tertiary/aromatic N) is 1. The molecule has 1 heterocycles. The van der Waals surface area contributed by atoms with Crippen LogP contribution < -0.4 is 19.5 Å². The van der Waals surface area contributed by atoms with Crippen LogP contribution in [0.25, 0.3) is 6.08 Å². The molecule has 6 heteroatoms. The molecule has 1 aliphatic rings. The van der Waals surface area contributed by atoms with E-state index >= 15 is 0 Å². The van der Waals surface area contributed by atoms with Gasteiger partial charge in [-0.2, -0.15) is 0 Å². The molecule has 1 N–H and O–H groups in total. The Morgan fingerprint density at radius 3 is 2.31 bits per heavy atom. The van der Waals surface area contributed by atoms with Gasteiger partial charge in [-0.25, -0.2) is 4.99 Å². The normalized spacial score (nSPS) is 14.8. The van der Waals surface area contributed by atoms with Crippen molar-refractivity contribution in [1.29, 1.82) is 0 Å². The van der Waals surface area contributed by atoms with Gasteiger partial charge >= 0.3 is 0 Å². The summed E-state index contributed by atoms with van der Waals surface area (Å²) in [7, 11) is 4.79. The molecule has 0 atom stereocenters. The van der Waals surface area contributed by atoms with E-state index in [2.05, 4.69) is 10.3 Å². The van der Waals surface area contributed by atoms with Gasteiger partial charge in [0.2, 0.25) is 0 Å². The Labute approximate surface area is 152 Å². The maximum atomic E-state index is 12.2. The van der Waals surface area contributed by atoms with Crippen molar-refractivity contribution in [3.8, 4) is 17.2 Å². The number of carbonyl (C=O) groups excluding carboxylic acids is 1. The first-order valence-electron chi connectivity index (χ1n) is 8.08.